The monoisotopic (exact) mass is 416 g/mol. The minimum atomic E-state index is -0.553. The van der Waals surface area contributed by atoms with Crippen molar-refractivity contribution in [3.8, 4) is 0 Å². The largest absolute Gasteiger partial charge is 0.366 e. The number of nitrogens with one attached hydrogen (secondary N) is 1. The molecule has 3 N–H and O–H groups in total. The van der Waals surface area contributed by atoms with Gasteiger partial charge in [0.2, 0.25) is 0 Å². The van der Waals surface area contributed by atoms with Gasteiger partial charge in [0.05, 0.1) is 26.2 Å². The topological polar surface area (TPSA) is 72.2 Å². The smallest absolute Gasteiger partial charge is 0.254 e. The maximum absolute atomic E-state index is 12.1. The summed E-state index contributed by atoms with van der Waals surface area (Å²) in [5.41, 5.74) is 6.73. The van der Waals surface area contributed by atoms with Crippen molar-refractivity contribution in [3.63, 3.8) is 0 Å². The summed E-state index contributed by atoms with van der Waals surface area (Å²) in [6, 6.07) is 10.1. The van der Waals surface area contributed by atoms with Gasteiger partial charge in [-0.3, -0.25) is 9.59 Å². The first kappa shape index (κ1) is 19.9. The second-order valence-corrected chi connectivity index (χ2v) is 7.37. The van der Waals surface area contributed by atoms with Crippen molar-refractivity contribution in [3.05, 3.63) is 68.2 Å². The van der Waals surface area contributed by atoms with Gasteiger partial charge in [0, 0.05) is 18.1 Å². The zero-order valence-electron chi connectivity index (χ0n) is 13.0. The molecule has 2 rings (SSSR count). The Balaban J connectivity index is 1.86. The van der Waals surface area contributed by atoms with Gasteiger partial charge in [-0.1, -0.05) is 53.0 Å². The van der Waals surface area contributed by atoms with Crippen LogP contribution in [0.25, 0.3) is 0 Å². The van der Waals surface area contributed by atoms with E-state index in [-0.39, 0.29) is 11.5 Å². The lowest BCUT2D eigenvalue weighted by molar-refractivity contribution is 0.0955. The molecule has 2 aromatic rings. The number of hydrogen-bond acceptors (Lipinski definition) is 3. The number of nitrogens with two attached hydrogens (primary N) is 1. The first-order valence-corrected chi connectivity index (χ1v) is 9.57. The molecule has 0 saturated heterocycles. The highest BCUT2D eigenvalue weighted by molar-refractivity contribution is 7.98. The Morgan fingerprint density at radius 1 is 0.960 bits per heavy atom. The van der Waals surface area contributed by atoms with Crippen LogP contribution in [0.3, 0.4) is 0 Å². The van der Waals surface area contributed by atoms with E-state index in [4.69, 9.17) is 40.5 Å². The van der Waals surface area contributed by atoms with E-state index in [1.54, 1.807) is 48.2 Å². The first-order valence-electron chi connectivity index (χ1n) is 7.29. The van der Waals surface area contributed by atoms with E-state index in [1.165, 1.54) is 0 Å². The molecule has 0 spiro atoms. The fraction of sp³-hybridized carbons (Fsp3) is 0.176. The van der Waals surface area contributed by atoms with Crippen molar-refractivity contribution in [2.75, 3.05) is 12.3 Å². The van der Waals surface area contributed by atoms with Gasteiger partial charge in [-0.2, -0.15) is 11.8 Å². The number of benzene rings is 2. The lowest BCUT2D eigenvalue weighted by Gasteiger charge is -2.10. The summed E-state index contributed by atoms with van der Waals surface area (Å²) >= 11 is 19.6. The maximum Gasteiger partial charge on any atom is 0.254 e. The number of carbonyl (C=O) groups excluding carboxylic acids is 2. The van der Waals surface area contributed by atoms with Gasteiger partial charge in [0.1, 0.15) is 0 Å². The summed E-state index contributed by atoms with van der Waals surface area (Å²) in [7, 11) is 0. The van der Waals surface area contributed by atoms with E-state index in [2.05, 4.69) is 5.32 Å². The third-order valence-corrected chi connectivity index (χ3v) is 5.28. The Labute approximate surface area is 165 Å². The van der Waals surface area contributed by atoms with Crippen molar-refractivity contribution in [1.82, 2.24) is 5.32 Å². The standard InChI is InChI=1S/C17H15Cl3N2O2S/c18-11-4-1-3-10(14(11)16(21)23)9-25-8-7-22-17(24)15-12(19)5-2-6-13(15)20/h1-6H,7-9H2,(H2,21,23)(H,22,24). The van der Waals surface area contributed by atoms with Crippen LogP contribution < -0.4 is 11.1 Å². The summed E-state index contributed by atoms with van der Waals surface area (Å²) in [5.74, 6) is 0.319. The summed E-state index contributed by atoms with van der Waals surface area (Å²) in [5, 5.41) is 3.73. The lowest BCUT2D eigenvalue weighted by atomic mass is 10.1. The molecular weight excluding hydrogens is 403 g/mol. The second kappa shape index (κ2) is 9.34. The van der Waals surface area contributed by atoms with Gasteiger partial charge in [0.15, 0.2) is 0 Å². The number of thioether (sulfide) groups is 1. The fourth-order valence-corrected chi connectivity index (χ4v) is 3.89. The first-order chi connectivity index (χ1) is 11.9. The Kier molecular flexibility index (Phi) is 7.44. The molecule has 8 heteroatoms. The zero-order valence-corrected chi connectivity index (χ0v) is 16.1. The van der Waals surface area contributed by atoms with Gasteiger partial charge < -0.3 is 11.1 Å². The van der Waals surface area contributed by atoms with E-state index in [0.717, 1.165) is 5.56 Å². The van der Waals surface area contributed by atoms with Crippen LogP contribution >= 0.6 is 46.6 Å². The number of halogens is 3. The number of rotatable bonds is 7. The predicted octanol–water partition coefficient (Wildman–Crippen LogP) is 4.41. The summed E-state index contributed by atoms with van der Waals surface area (Å²) in [6.07, 6.45) is 0. The number of carbonyl (C=O) groups is 2. The van der Waals surface area contributed by atoms with Crippen LogP contribution in [-0.2, 0) is 5.75 Å². The Bertz CT molecular complexity index is 779. The summed E-state index contributed by atoms with van der Waals surface area (Å²) in [6.45, 7) is 0.428. The minimum Gasteiger partial charge on any atom is -0.366 e. The molecule has 0 atom stereocenters. The quantitative estimate of drug-likeness (QED) is 0.655. The van der Waals surface area contributed by atoms with E-state index >= 15 is 0 Å². The van der Waals surface area contributed by atoms with Crippen molar-refractivity contribution in [2.45, 2.75) is 5.75 Å². The molecular formula is C17H15Cl3N2O2S. The summed E-state index contributed by atoms with van der Waals surface area (Å²) in [4.78, 5) is 23.6. The highest BCUT2D eigenvalue weighted by Gasteiger charge is 2.14. The Morgan fingerprint density at radius 2 is 1.52 bits per heavy atom. The molecule has 132 valence electrons. The highest BCUT2D eigenvalue weighted by Crippen LogP contribution is 2.25. The van der Waals surface area contributed by atoms with Crippen LogP contribution in [0.1, 0.15) is 26.3 Å². The molecule has 0 aliphatic rings. The molecule has 0 aliphatic heterocycles. The van der Waals surface area contributed by atoms with Crippen molar-refractivity contribution < 1.29 is 9.59 Å². The fourth-order valence-electron chi connectivity index (χ4n) is 2.19. The van der Waals surface area contributed by atoms with Gasteiger partial charge in [-0.15, -0.1) is 0 Å². The molecule has 0 bridgehead atoms. The summed E-state index contributed by atoms with van der Waals surface area (Å²) < 4.78 is 0. The number of primary amides is 1. The van der Waals surface area contributed by atoms with Crippen molar-refractivity contribution >= 4 is 58.4 Å². The van der Waals surface area contributed by atoms with E-state index < -0.39 is 5.91 Å². The molecule has 0 saturated carbocycles. The third kappa shape index (κ3) is 5.28. The molecule has 2 amide bonds. The van der Waals surface area contributed by atoms with E-state index in [1.807, 2.05) is 0 Å². The molecule has 2 aromatic carbocycles. The molecule has 0 heterocycles. The molecule has 0 aliphatic carbocycles. The Morgan fingerprint density at radius 3 is 2.12 bits per heavy atom. The van der Waals surface area contributed by atoms with Crippen LogP contribution in [0, 0.1) is 0 Å². The molecule has 0 aromatic heterocycles. The van der Waals surface area contributed by atoms with Crippen LogP contribution in [-0.4, -0.2) is 24.1 Å². The van der Waals surface area contributed by atoms with Crippen LogP contribution in [0.5, 0.6) is 0 Å². The van der Waals surface area contributed by atoms with Crippen molar-refractivity contribution in [1.29, 1.82) is 0 Å². The molecule has 25 heavy (non-hydrogen) atoms. The van der Waals surface area contributed by atoms with Crippen LogP contribution in [0.4, 0.5) is 0 Å². The van der Waals surface area contributed by atoms with Gasteiger partial charge in [0.25, 0.3) is 11.8 Å². The normalized spacial score (nSPS) is 10.5. The van der Waals surface area contributed by atoms with Crippen molar-refractivity contribution in [2.24, 2.45) is 5.73 Å². The SMILES string of the molecule is NC(=O)c1c(Cl)cccc1CSCCNC(=O)c1c(Cl)cccc1Cl. The van der Waals surface area contributed by atoms with E-state index in [9.17, 15) is 9.59 Å². The lowest BCUT2D eigenvalue weighted by Crippen LogP contribution is -2.26. The predicted molar refractivity (Wildman–Crippen MR) is 105 cm³/mol. The number of hydrogen-bond donors (Lipinski definition) is 2. The zero-order chi connectivity index (χ0) is 18.4. The minimum absolute atomic E-state index is 0.265. The molecule has 0 radical (unpaired) electrons. The third-order valence-electron chi connectivity index (χ3n) is 3.33. The highest BCUT2D eigenvalue weighted by atomic mass is 35.5. The van der Waals surface area contributed by atoms with Gasteiger partial charge >= 0.3 is 0 Å². The Hall–Kier alpha value is -1.40. The number of amides is 2. The second-order valence-electron chi connectivity index (χ2n) is 5.04. The van der Waals surface area contributed by atoms with Gasteiger partial charge in [-0.25, -0.2) is 0 Å². The molecule has 4 nitrogen and oxygen atoms in total. The average Bonchev–Trinajstić information content (AvgIpc) is 2.54. The van der Waals surface area contributed by atoms with Crippen LogP contribution in [0.2, 0.25) is 15.1 Å². The van der Waals surface area contributed by atoms with Gasteiger partial charge in [-0.05, 0) is 23.8 Å². The average molecular weight is 418 g/mol. The van der Waals surface area contributed by atoms with E-state index in [0.29, 0.717) is 38.7 Å². The maximum atomic E-state index is 12.1. The molecule has 0 unspecified atom stereocenters. The van der Waals surface area contributed by atoms with Crippen LogP contribution in [0.15, 0.2) is 36.4 Å². The molecule has 0 fully saturated rings.